The molecule has 0 heterocycles. The number of rotatable bonds is 3. The van der Waals surface area contributed by atoms with Crippen molar-refractivity contribution in [2.45, 2.75) is 33.1 Å². The molecule has 0 bridgehead atoms. The van der Waals surface area contributed by atoms with E-state index in [1.807, 2.05) is 13.8 Å². The van der Waals surface area contributed by atoms with E-state index >= 15 is 0 Å². The molecule has 0 aromatic rings. The lowest BCUT2D eigenvalue weighted by Gasteiger charge is -2.30. The van der Waals surface area contributed by atoms with E-state index in [1.165, 1.54) is 0 Å². The molecule has 12 heavy (non-hydrogen) atoms. The summed E-state index contributed by atoms with van der Waals surface area (Å²) >= 11 is 0. The summed E-state index contributed by atoms with van der Waals surface area (Å²) in [5.74, 6) is 1.24. The van der Waals surface area contributed by atoms with Crippen LogP contribution in [0.3, 0.4) is 0 Å². The van der Waals surface area contributed by atoms with Crippen LogP contribution in [-0.2, 0) is 4.79 Å². The van der Waals surface area contributed by atoms with Crippen molar-refractivity contribution in [3.8, 4) is 6.07 Å². The van der Waals surface area contributed by atoms with Gasteiger partial charge in [0.1, 0.15) is 5.78 Å². The van der Waals surface area contributed by atoms with Gasteiger partial charge < -0.3 is 0 Å². The SMILES string of the molecule is CC(C)C(=O)CC1CC(C#N)C1. The van der Waals surface area contributed by atoms with Gasteiger partial charge in [-0.15, -0.1) is 0 Å². The minimum atomic E-state index is 0.158. The van der Waals surface area contributed by atoms with E-state index in [4.69, 9.17) is 5.26 Å². The number of ketones is 1. The predicted octanol–water partition coefficient (Wildman–Crippen LogP) is 2.15. The number of hydrogen-bond donors (Lipinski definition) is 0. The fourth-order valence-corrected chi connectivity index (χ4v) is 1.53. The maximum Gasteiger partial charge on any atom is 0.135 e. The molecule has 1 saturated carbocycles. The smallest absolute Gasteiger partial charge is 0.135 e. The largest absolute Gasteiger partial charge is 0.299 e. The van der Waals surface area contributed by atoms with E-state index in [0.717, 1.165) is 12.8 Å². The molecule has 1 fully saturated rings. The Kier molecular flexibility index (Phi) is 2.86. The van der Waals surface area contributed by atoms with Crippen LogP contribution in [0.15, 0.2) is 0 Å². The molecule has 0 amide bonds. The average molecular weight is 165 g/mol. The van der Waals surface area contributed by atoms with Crippen molar-refractivity contribution in [2.75, 3.05) is 0 Å². The lowest BCUT2D eigenvalue weighted by Crippen LogP contribution is -2.26. The Labute approximate surface area is 73.6 Å². The second-order valence-electron chi connectivity index (χ2n) is 3.99. The van der Waals surface area contributed by atoms with Crippen molar-refractivity contribution >= 4 is 5.78 Å². The van der Waals surface area contributed by atoms with E-state index in [-0.39, 0.29) is 11.8 Å². The van der Waals surface area contributed by atoms with Crippen molar-refractivity contribution < 1.29 is 4.79 Å². The minimum absolute atomic E-state index is 0.158. The molecule has 1 aliphatic rings. The predicted molar refractivity (Wildman–Crippen MR) is 46.3 cm³/mol. The van der Waals surface area contributed by atoms with E-state index in [1.54, 1.807) is 0 Å². The van der Waals surface area contributed by atoms with Crippen LogP contribution in [-0.4, -0.2) is 5.78 Å². The molecule has 0 unspecified atom stereocenters. The number of carbonyl (C=O) groups is 1. The van der Waals surface area contributed by atoms with Gasteiger partial charge in [-0.1, -0.05) is 13.8 Å². The monoisotopic (exact) mass is 165 g/mol. The second-order valence-corrected chi connectivity index (χ2v) is 3.99. The van der Waals surface area contributed by atoms with Crippen LogP contribution in [0.4, 0.5) is 0 Å². The molecule has 0 saturated heterocycles. The first kappa shape index (κ1) is 9.25. The summed E-state index contributed by atoms with van der Waals surface area (Å²) in [5, 5.41) is 8.51. The van der Waals surface area contributed by atoms with Crippen LogP contribution >= 0.6 is 0 Å². The molecule has 0 spiro atoms. The Hall–Kier alpha value is -0.840. The van der Waals surface area contributed by atoms with Gasteiger partial charge in [-0.25, -0.2) is 0 Å². The minimum Gasteiger partial charge on any atom is -0.299 e. The second kappa shape index (κ2) is 3.71. The van der Waals surface area contributed by atoms with Gasteiger partial charge in [0.2, 0.25) is 0 Å². The zero-order valence-electron chi connectivity index (χ0n) is 7.71. The van der Waals surface area contributed by atoms with Crippen LogP contribution in [0.25, 0.3) is 0 Å². The average Bonchev–Trinajstić information content (AvgIpc) is 1.94. The molecular formula is C10H15NO. The van der Waals surface area contributed by atoms with Crippen molar-refractivity contribution in [1.29, 1.82) is 5.26 Å². The van der Waals surface area contributed by atoms with Crippen LogP contribution in [0, 0.1) is 29.1 Å². The Morgan fingerprint density at radius 3 is 2.58 bits per heavy atom. The molecule has 2 nitrogen and oxygen atoms in total. The Morgan fingerprint density at radius 1 is 1.58 bits per heavy atom. The molecule has 0 N–H and O–H groups in total. The van der Waals surface area contributed by atoms with Crippen LogP contribution in [0.1, 0.15) is 33.1 Å². The highest BCUT2D eigenvalue weighted by Crippen LogP contribution is 2.35. The Balaban J connectivity index is 2.20. The summed E-state index contributed by atoms with van der Waals surface area (Å²) in [6, 6.07) is 2.22. The summed E-state index contributed by atoms with van der Waals surface area (Å²) in [7, 11) is 0. The molecule has 66 valence electrons. The Morgan fingerprint density at radius 2 is 2.17 bits per heavy atom. The maximum absolute atomic E-state index is 11.3. The highest BCUT2D eigenvalue weighted by Gasteiger charge is 2.30. The highest BCUT2D eigenvalue weighted by molar-refractivity contribution is 5.80. The van der Waals surface area contributed by atoms with E-state index in [0.29, 0.717) is 18.1 Å². The van der Waals surface area contributed by atoms with Gasteiger partial charge in [-0.3, -0.25) is 4.79 Å². The van der Waals surface area contributed by atoms with Gasteiger partial charge in [0.15, 0.2) is 0 Å². The normalized spacial score (nSPS) is 27.8. The van der Waals surface area contributed by atoms with Crippen molar-refractivity contribution in [3.63, 3.8) is 0 Å². The molecule has 0 atom stereocenters. The Bertz CT molecular complexity index is 208. The molecular weight excluding hydrogens is 150 g/mol. The van der Waals surface area contributed by atoms with Gasteiger partial charge in [-0.05, 0) is 18.8 Å². The first-order chi connectivity index (χ1) is 5.63. The third-order valence-electron chi connectivity index (χ3n) is 2.55. The fourth-order valence-electron chi connectivity index (χ4n) is 1.53. The fraction of sp³-hybridized carbons (Fsp3) is 0.800. The van der Waals surface area contributed by atoms with E-state index < -0.39 is 0 Å². The number of nitrogens with zero attached hydrogens (tertiary/aromatic N) is 1. The van der Waals surface area contributed by atoms with Crippen LogP contribution < -0.4 is 0 Å². The molecule has 1 aliphatic carbocycles. The highest BCUT2D eigenvalue weighted by atomic mass is 16.1. The number of nitriles is 1. The standard InChI is InChI=1S/C10H15NO/c1-7(2)10(12)5-8-3-9(4-8)6-11/h7-9H,3-5H2,1-2H3. The van der Waals surface area contributed by atoms with E-state index in [2.05, 4.69) is 6.07 Å². The van der Waals surface area contributed by atoms with Gasteiger partial charge in [-0.2, -0.15) is 5.26 Å². The van der Waals surface area contributed by atoms with Gasteiger partial charge in [0.25, 0.3) is 0 Å². The van der Waals surface area contributed by atoms with E-state index in [9.17, 15) is 4.79 Å². The number of hydrogen-bond acceptors (Lipinski definition) is 2. The first-order valence-electron chi connectivity index (χ1n) is 4.55. The van der Waals surface area contributed by atoms with Gasteiger partial charge in [0, 0.05) is 18.3 Å². The zero-order chi connectivity index (χ0) is 9.14. The summed E-state index contributed by atoms with van der Waals surface area (Å²) in [4.78, 5) is 11.3. The summed E-state index contributed by atoms with van der Waals surface area (Å²) in [6.45, 7) is 3.87. The lowest BCUT2D eigenvalue weighted by molar-refractivity contribution is -0.123. The summed E-state index contributed by atoms with van der Waals surface area (Å²) in [6.07, 6.45) is 2.57. The molecule has 2 heteroatoms. The summed E-state index contributed by atoms with van der Waals surface area (Å²) < 4.78 is 0. The molecule has 0 aromatic heterocycles. The van der Waals surface area contributed by atoms with Crippen molar-refractivity contribution in [2.24, 2.45) is 17.8 Å². The summed E-state index contributed by atoms with van der Waals surface area (Å²) in [5.41, 5.74) is 0. The molecule has 0 aromatic carbocycles. The van der Waals surface area contributed by atoms with Gasteiger partial charge in [0.05, 0.1) is 6.07 Å². The van der Waals surface area contributed by atoms with Crippen molar-refractivity contribution in [3.05, 3.63) is 0 Å². The third-order valence-corrected chi connectivity index (χ3v) is 2.55. The topological polar surface area (TPSA) is 40.9 Å². The molecule has 0 aliphatic heterocycles. The quantitative estimate of drug-likeness (QED) is 0.643. The maximum atomic E-state index is 11.3. The number of carbonyl (C=O) groups excluding carboxylic acids is 1. The van der Waals surface area contributed by atoms with Crippen molar-refractivity contribution in [1.82, 2.24) is 0 Å². The molecule has 1 rings (SSSR count). The lowest BCUT2D eigenvalue weighted by atomic mass is 9.72. The third kappa shape index (κ3) is 2.07. The zero-order valence-corrected chi connectivity index (χ0v) is 7.71. The van der Waals surface area contributed by atoms with Crippen LogP contribution in [0.2, 0.25) is 0 Å². The van der Waals surface area contributed by atoms with Gasteiger partial charge >= 0.3 is 0 Å². The number of Topliss-reactive ketones (excluding diaryl/α,β-unsaturated/α-hetero) is 1. The molecule has 0 radical (unpaired) electrons. The first-order valence-corrected chi connectivity index (χ1v) is 4.55. The van der Waals surface area contributed by atoms with Crippen LogP contribution in [0.5, 0.6) is 0 Å².